The van der Waals surface area contributed by atoms with E-state index in [1.807, 2.05) is 0 Å². The van der Waals surface area contributed by atoms with E-state index in [1.54, 1.807) is 36.4 Å². The summed E-state index contributed by atoms with van der Waals surface area (Å²) in [6, 6.07) is 10.9. The SMILES string of the molecule is O=C(CCN1C(=O)c2ccc(Br)cc2C1=O)NCc1ccccc1OC(F)F. The average Bonchev–Trinajstić information content (AvgIpc) is 2.89. The summed E-state index contributed by atoms with van der Waals surface area (Å²) in [5, 5.41) is 2.58. The van der Waals surface area contributed by atoms with Crippen LogP contribution in [0.25, 0.3) is 0 Å². The minimum absolute atomic E-state index is 0.0171. The molecule has 0 saturated carbocycles. The Balaban J connectivity index is 1.56. The molecule has 6 nitrogen and oxygen atoms in total. The number of nitrogens with one attached hydrogen (secondary N) is 1. The Morgan fingerprint density at radius 3 is 2.57 bits per heavy atom. The number of hydrogen-bond acceptors (Lipinski definition) is 4. The van der Waals surface area contributed by atoms with Gasteiger partial charge in [-0.2, -0.15) is 8.78 Å². The molecular weight excluding hydrogens is 438 g/mol. The van der Waals surface area contributed by atoms with Crippen LogP contribution in [-0.2, 0) is 11.3 Å². The first-order valence-electron chi connectivity index (χ1n) is 8.32. The standard InChI is InChI=1S/C19H15BrF2N2O4/c20-12-5-6-13-14(9-12)18(27)24(17(13)26)8-7-16(25)23-10-11-3-1-2-4-15(11)28-19(21)22/h1-6,9,19H,7-8,10H2,(H,23,25). The molecule has 146 valence electrons. The Morgan fingerprint density at radius 1 is 1.11 bits per heavy atom. The number of rotatable bonds is 7. The summed E-state index contributed by atoms with van der Waals surface area (Å²) in [5.74, 6) is -1.35. The zero-order valence-corrected chi connectivity index (χ0v) is 16.0. The number of carbonyl (C=O) groups excluding carboxylic acids is 3. The van der Waals surface area contributed by atoms with Gasteiger partial charge in [-0.3, -0.25) is 19.3 Å². The van der Waals surface area contributed by atoms with Crippen molar-refractivity contribution in [2.45, 2.75) is 19.6 Å². The van der Waals surface area contributed by atoms with E-state index in [-0.39, 0.29) is 30.8 Å². The van der Waals surface area contributed by atoms with Gasteiger partial charge in [0.25, 0.3) is 11.8 Å². The second-order valence-electron chi connectivity index (χ2n) is 5.96. The third-order valence-electron chi connectivity index (χ3n) is 4.16. The lowest BCUT2D eigenvalue weighted by atomic mass is 10.1. The summed E-state index contributed by atoms with van der Waals surface area (Å²) in [5.41, 5.74) is 0.978. The molecule has 28 heavy (non-hydrogen) atoms. The van der Waals surface area contributed by atoms with Crippen LogP contribution in [-0.4, -0.2) is 35.8 Å². The highest BCUT2D eigenvalue weighted by atomic mass is 79.9. The highest BCUT2D eigenvalue weighted by Gasteiger charge is 2.35. The normalized spacial score (nSPS) is 13.1. The van der Waals surface area contributed by atoms with E-state index in [4.69, 9.17) is 0 Å². The molecule has 3 amide bonds. The first-order valence-corrected chi connectivity index (χ1v) is 9.11. The molecule has 0 fully saturated rings. The maximum atomic E-state index is 12.4. The number of imide groups is 1. The molecule has 1 N–H and O–H groups in total. The van der Waals surface area contributed by atoms with Crippen LogP contribution in [0, 0.1) is 0 Å². The number of ether oxygens (including phenoxy) is 1. The average molecular weight is 453 g/mol. The van der Waals surface area contributed by atoms with Crippen LogP contribution in [0.5, 0.6) is 5.75 Å². The van der Waals surface area contributed by atoms with Crippen molar-refractivity contribution in [1.29, 1.82) is 0 Å². The van der Waals surface area contributed by atoms with E-state index in [0.29, 0.717) is 15.6 Å². The molecule has 3 rings (SSSR count). The zero-order valence-electron chi connectivity index (χ0n) is 14.5. The van der Waals surface area contributed by atoms with Gasteiger partial charge in [-0.15, -0.1) is 0 Å². The van der Waals surface area contributed by atoms with E-state index in [9.17, 15) is 23.2 Å². The second-order valence-corrected chi connectivity index (χ2v) is 6.88. The molecule has 0 radical (unpaired) electrons. The number of halogens is 3. The Labute approximate surface area is 167 Å². The van der Waals surface area contributed by atoms with Crippen LogP contribution in [0.4, 0.5) is 8.78 Å². The molecule has 0 aromatic heterocycles. The Morgan fingerprint density at radius 2 is 1.82 bits per heavy atom. The number of para-hydroxylation sites is 1. The molecule has 1 aliphatic rings. The van der Waals surface area contributed by atoms with Gasteiger partial charge in [0.2, 0.25) is 5.91 Å². The summed E-state index contributed by atoms with van der Waals surface area (Å²) in [6.07, 6.45) is -0.107. The van der Waals surface area contributed by atoms with Gasteiger partial charge >= 0.3 is 6.61 Å². The van der Waals surface area contributed by atoms with Crippen molar-refractivity contribution < 1.29 is 27.9 Å². The number of benzene rings is 2. The summed E-state index contributed by atoms with van der Waals surface area (Å²) in [7, 11) is 0. The third-order valence-corrected chi connectivity index (χ3v) is 4.65. The van der Waals surface area contributed by atoms with Crippen molar-refractivity contribution in [2.24, 2.45) is 0 Å². The molecule has 9 heteroatoms. The van der Waals surface area contributed by atoms with E-state index in [0.717, 1.165) is 4.90 Å². The lowest BCUT2D eigenvalue weighted by Crippen LogP contribution is -2.34. The van der Waals surface area contributed by atoms with E-state index in [2.05, 4.69) is 26.0 Å². The summed E-state index contributed by atoms with van der Waals surface area (Å²) in [6.45, 7) is -3.06. The van der Waals surface area contributed by atoms with Crippen molar-refractivity contribution in [3.05, 3.63) is 63.6 Å². The highest BCUT2D eigenvalue weighted by molar-refractivity contribution is 9.10. The van der Waals surface area contributed by atoms with Crippen molar-refractivity contribution in [2.75, 3.05) is 6.54 Å². The van der Waals surface area contributed by atoms with Gasteiger partial charge in [0.05, 0.1) is 11.1 Å². The molecule has 0 aliphatic carbocycles. The van der Waals surface area contributed by atoms with Crippen LogP contribution < -0.4 is 10.1 Å². The monoisotopic (exact) mass is 452 g/mol. The van der Waals surface area contributed by atoms with Gasteiger partial charge in [0.1, 0.15) is 5.75 Å². The van der Waals surface area contributed by atoms with Crippen LogP contribution in [0.15, 0.2) is 46.9 Å². The van der Waals surface area contributed by atoms with Gasteiger partial charge < -0.3 is 10.1 Å². The number of amides is 3. The zero-order chi connectivity index (χ0) is 20.3. The fourth-order valence-corrected chi connectivity index (χ4v) is 3.18. The molecule has 0 atom stereocenters. The highest BCUT2D eigenvalue weighted by Crippen LogP contribution is 2.26. The molecular formula is C19H15BrF2N2O4. The fraction of sp³-hybridized carbons (Fsp3) is 0.211. The van der Waals surface area contributed by atoms with Crippen molar-refractivity contribution >= 4 is 33.7 Å². The van der Waals surface area contributed by atoms with Gasteiger partial charge in [-0.1, -0.05) is 34.1 Å². The van der Waals surface area contributed by atoms with Gasteiger partial charge in [0, 0.05) is 29.5 Å². The molecule has 2 aromatic rings. The van der Waals surface area contributed by atoms with Crippen LogP contribution in [0.1, 0.15) is 32.7 Å². The lowest BCUT2D eigenvalue weighted by Gasteiger charge is -2.14. The topological polar surface area (TPSA) is 75.7 Å². The Bertz CT molecular complexity index is 936. The molecule has 0 bridgehead atoms. The van der Waals surface area contributed by atoms with Crippen molar-refractivity contribution in [3.63, 3.8) is 0 Å². The summed E-state index contributed by atoms with van der Waals surface area (Å²) >= 11 is 3.25. The van der Waals surface area contributed by atoms with E-state index in [1.165, 1.54) is 6.07 Å². The lowest BCUT2D eigenvalue weighted by molar-refractivity contribution is -0.121. The number of nitrogens with zero attached hydrogens (tertiary/aromatic N) is 1. The predicted molar refractivity (Wildman–Crippen MR) is 99.0 cm³/mol. The number of carbonyl (C=O) groups is 3. The summed E-state index contributed by atoms with van der Waals surface area (Å²) < 4.78 is 29.9. The number of fused-ring (bicyclic) bond motifs is 1. The van der Waals surface area contributed by atoms with Crippen molar-refractivity contribution in [3.8, 4) is 5.75 Å². The number of hydrogen-bond donors (Lipinski definition) is 1. The third kappa shape index (κ3) is 4.36. The molecule has 1 heterocycles. The van der Waals surface area contributed by atoms with Gasteiger partial charge in [-0.25, -0.2) is 0 Å². The van der Waals surface area contributed by atoms with E-state index < -0.39 is 24.3 Å². The van der Waals surface area contributed by atoms with Crippen molar-refractivity contribution in [1.82, 2.24) is 10.2 Å². The Hall–Kier alpha value is -2.81. The predicted octanol–water partition coefficient (Wildman–Crippen LogP) is 3.35. The fourth-order valence-electron chi connectivity index (χ4n) is 2.82. The smallest absolute Gasteiger partial charge is 0.387 e. The van der Waals surface area contributed by atoms with E-state index >= 15 is 0 Å². The van der Waals surface area contributed by atoms with Gasteiger partial charge in [0.15, 0.2) is 0 Å². The number of alkyl halides is 2. The maximum absolute atomic E-state index is 12.4. The Kier molecular flexibility index (Phi) is 6.03. The quantitative estimate of drug-likeness (QED) is 0.653. The second kappa shape index (κ2) is 8.47. The largest absolute Gasteiger partial charge is 0.434 e. The molecule has 0 spiro atoms. The first kappa shape index (κ1) is 19.9. The summed E-state index contributed by atoms with van der Waals surface area (Å²) in [4.78, 5) is 37.8. The molecule has 0 saturated heterocycles. The molecule has 0 unspecified atom stereocenters. The first-order chi connectivity index (χ1) is 13.4. The molecule has 1 aliphatic heterocycles. The van der Waals surface area contributed by atoms with Gasteiger partial charge in [-0.05, 0) is 24.3 Å². The van der Waals surface area contributed by atoms with Crippen LogP contribution in [0.2, 0.25) is 0 Å². The molecule has 2 aromatic carbocycles. The van der Waals surface area contributed by atoms with Crippen LogP contribution in [0.3, 0.4) is 0 Å². The minimum Gasteiger partial charge on any atom is -0.434 e. The minimum atomic E-state index is -2.97. The van der Waals surface area contributed by atoms with Crippen LogP contribution >= 0.6 is 15.9 Å². The maximum Gasteiger partial charge on any atom is 0.387 e.